The number of thiophene rings is 1. The van der Waals surface area contributed by atoms with Gasteiger partial charge in [-0.25, -0.2) is 4.99 Å². The molecular formula is C28H29ClN8O5S. The van der Waals surface area contributed by atoms with Crippen LogP contribution in [0.25, 0.3) is 10.2 Å². The number of aliphatic imine (C=N–C) groups is 1. The number of esters is 1. The first-order chi connectivity index (χ1) is 20.7. The molecule has 1 fully saturated rings. The number of nitrogens with zero attached hydrogens (tertiary/aromatic N) is 5. The number of H-pyrrole nitrogens is 1. The van der Waals surface area contributed by atoms with Crippen LogP contribution in [0.3, 0.4) is 0 Å². The van der Waals surface area contributed by atoms with Crippen molar-refractivity contribution in [3.05, 3.63) is 50.5 Å². The monoisotopic (exact) mass is 624 g/mol. The number of carbonyl (C=O) groups is 4. The zero-order valence-electron chi connectivity index (χ0n) is 23.5. The van der Waals surface area contributed by atoms with Crippen molar-refractivity contribution in [1.29, 1.82) is 5.26 Å². The van der Waals surface area contributed by atoms with Crippen LogP contribution in [0.5, 0.6) is 0 Å². The molecule has 2 aliphatic rings. The Morgan fingerprint density at radius 1 is 1.35 bits per heavy atom. The first-order valence-electron chi connectivity index (χ1n) is 13.6. The van der Waals surface area contributed by atoms with E-state index >= 15 is 0 Å². The Balaban J connectivity index is 1.26. The summed E-state index contributed by atoms with van der Waals surface area (Å²) in [5.74, 6) is -0.772. The quantitative estimate of drug-likeness (QED) is 0.0889. The maximum absolute atomic E-state index is 13.3. The number of rotatable bonds is 7. The lowest BCUT2D eigenvalue weighted by molar-refractivity contribution is -0.145. The van der Waals surface area contributed by atoms with Crippen LogP contribution in [-0.4, -0.2) is 88.4 Å². The standard InChI is InChI=1S/C28H29ClN8O5S/c1-15-20-4-6-36(27(41)23-8-22-24(43-23)10-33-35-22)11-17(20)7-21(29)25(15)26(40)34-18(13-38)9-31-28(32-14-30)37-5-3-19(12-37)42-16(2)39/h7-8,10,13,18-19H,3-6,9,11-12H2,1-2H3,(H,31,32)(H,33,35)(H,34,40)/t18-,19-/m0/s1. The van der Waals surface area contributed by atoms with Gasteiger partial charge in [0.1, 0.15) is 18.4 Å². The number of amides is 2. The minimum Gasteiger partial charge on any atom is -0.461 e. The topological polar surface area (TPSA) is 173 Å². The van der Waals surface area contributed by atoms with Crippen molar-refractivity contribution >= 4 is 63.2 Å². The number of aromatic amines is 1. The van der Waals surface area contributed by atoms with Gasteiger partial charge in [-0.05, 0) is 42.2 Å². The highest BCUT2D eigenvalue weighted by Gasteiger charge is 2.29. The number of hydrogen-bond acceptors (Lipinski definition) is 9. The average molecular weight is 625 g/mol. The Kier molecular flexibility index (Phi) is 8.93. The fourth-order valence-corrected chi connectivity index (χ4v) is 6.74. The molecule has 0 spiro atoms. The molecule has 2 atom stereocenters. The third-order valence-corrected chi connectivity index (χ3v) is 8.82. The molecule has 2 aromatic heterocycles. The highest BCUT2D eigenvalue weighted by Crippen LogP contribution is 2.32. The number of halogens is 1. The summed E-state index contributed by atoms with van der Waals surface area (Å²) >= 11 is 7.98. The summed E-state index contributed by atoms with van der Waals surface area (Å²) < 4.78 is 6.14. The van der Waals surface area contributed by atoms with E-state index in [0.717, 1.165) is 21.3 Å². The molecule has 3 N–H and O–H groups in total. The Labute approximate surface area is 255 Å². The molecule has 2 amide bonds. The first-order valence-corrected chi connectivity index (χ1v) is 14.8. The van der Waals surface area contributed by atoms with Crippen LogP contribution in [0.15, 0.2) is 23.3 Å². The SMILES string of the molecule is CC(=O)O[C@H]1CCN(C(=NC[C@@H](C=O)NC(=O)c2c(Cl)cc3c(c2C)CCN(C(=O)c2cc4[nH]ncc4s2)C3)NC#N)C1. The number of carbonyl (C=O) groups excluding carboxylic acids is 4. The molecule has 0 aliphatic carbocycles. The lowest BCUT2D eigenvalue weighted by Gasteiger charge is -2.30. The van der Waals surface area contributed by atoms with Crippen LogP contribution < -0.4 is 10.6 Å². The van der Waals surface area contributed by atoms with Gasteiger partial charge in [0.2, 0.25) is 5.96 Å². The normalized spacial score (nSPS) is 17.3. The van der Waals surface area contributed by atoms with Crippen LogP contribution in [0.2, 0.25) is 5.02 Å². The van der Waals surface area contributed by atoms with Crippen LogP contribution in [-0.2, 0) is 27.3 Å². The summed E-state index contributed by atoms with van der Waals surface area (Å²) in [5.41, 5.74) is 3.58. The molecule has 15 heteroatoms. The molecule has 3 aromatic rings. The zero-order valence-corrected chi connectivity index (χ0v) is 25.0. The number of nitrogens with one attached hydrogen (secondary N) is 3. The number of likely N-dealkylation sites (tertiary alicyclic amines) is 1. The minimum absolute atomic E-state index is 0.0775. The lowest BCUT2D eigenvalue weighted by atomic mass is 9.91. The third-order valence-electron chi connectivity index (χ3n) is 7.46. The number of ether oxygens (including phenoxy) is 1. The number of fused-ring (bicyclic) bond motifs is 2. The van der Waals surface area contributed by atoms with Gasteiger partial charge in [-0.3, -0.25) is 24.8 Å². The van der Waals surface area contributed by atoms with Gasteiger partial charge < -0.3 is 24.6 Å². The third kappa shape index (κ3) is 6.47. The van der Waals surface area contributed by atoms with E-state index in [-0.39, 0.29) is 41.1 Å². The second-order valence-corrected chi connectivity index (χ2v) is 11.8. The predicted octanol–water partition coefficient (Wildman–Crippen LogP) is 2.15. The predicted molar refractivity (Wildman–Crippen MR) is 159 cm³/mol. The smallest absolute Gasteiger partial charge is 0.302 e. The van der Waals surface area contributed by atoms with Crippen molar-refractivity contribution in [2.45, 2.75) is 45.4 Å². The number of guanidine groups is 1. The Morgan fingerprint density at radius 2 is 2.16 bits per heavy atom. The van der Waals surface area contributed by atoms with Crippen LogP contribution in [0, 0.1) is 18.4 Å². The van der Waals surface area contributed by atoms with Crippen molar-refractivity contribution in [3.8, 4) is 6.19 Å². The number of hydrogen-bond donors (Lipinski definition) is 3. The zero-order chi connectivity index (χ0) is 30.7. The fourth-order valence-electron chi connectivity index (χ4n) is 5.43. The van der Waals surface area contributed by atoms with Crippen molar-refractivity contribution < 1.29 is 23.9 Å². The van der Waals surface area contributed by atoms with Crippen molar-refractivity contribution in [1.82, 2.24) is 30.6 Å². The molecule has 5 rings (SSSR count). The van der Waals surface area contributed by atoms with Gasteiger partial charge in [0.15, 0.2) is 6.19 Å². The lowest BCUT2D eigenvalue weighted by Crippen LogP contribution is -2.42. The molecule has 1 aromatic carbocycles. The maximum atomic E-state index is 13.3. The van der Waals surface area contributed by atoms with Gasteiger partial charge in [0.05, 0.1) is 45.0 Å². The van der Waals surface area contributed by atoms with E-state index in [0.29, 0.717) is 55.7 Å². The second kappa shape index (κ2) is 12.8. The van der Waals surface area contributed by atoms with Gasteiger partial charge in [-0.2, -0.15) is 10.4 Å². The summed E-state index contributed by atoms with van der Waals surface area (Å²) in [5, 5.41) is 21.4. The number of aldehydes is 1. The van der Waals surface area contributed by atoms with E-state index in [4.69, 9.17) is 16.3 Å². The largest absolute Gasteiger partial charge is 0.461 e. The highest BCUT2D eigenvalue weighted by atomic mass is 35.5. The van der Waals surface area contributed by atoms with Gasteiger partial charge in [-0.15, -0.1) is 11.3 Å². The number of aromatic nitrogens is 2. The molecule has 0 saturated carbocycles. The van der Waals surface area contributed by atoms with Crippen molar-refractivity contribution in [2.75, 3.05) is 26.2 Å². The first kappa shape index (κ1) is 30.0. The van der Waals surface area contributed by atoms with E-state index in [2.05, 4.69) is 25.8 Å². The van der Waals surface area contributed by atoms with E-state index < -0.39 is 11.9 Å². The summed E-state index contributed by atoms with van der Waals surface area (Å²) in [7, 11) is 0. The molecule has 0 bridgehead atoms. The summed E-state index contributed by atoms with van der Waals surface area (Å²) in [4.78, 5) is 58.1. The maximum Gasteiger partial charge on any atom is 0.302 e. The molecular weight excluding hydrogens is 596 g/mol. The molecule has 2 aliphatic heterocycles. The van der Waals surface area contributed by atoms with Crippen LogP contribution in [0.1, 0.15) is 50.1 Å². The van der Waals surface area contributed by atoms with E-state index in [9.17, 15) is 24.4 Å². The molecule has 13 nitrogen and oxygen atoms in total. The molecule has 224 valence electrons. The molecule has 0 radical (unpaired) electrons. The number of benzene rings is 1. The highest BCUT2D eigenvalue weighted by molar-refractivity contribution is 7.20. The minimum atomic E-state index is -0.985. The van der Waals surface area contributed by atoms with Gasteiger partial charge >= 0.3 is 5.97 Å². The van der Waals surface area contributed by atoms with E-state index in [1.165, 1.54) is 18.3 Å². The Bertz CT molecular complexity index is 1630. The fraction of sp³-hybridized carbons (Fsp3) is 0.393. The average Bonchev–Trinajstić information content (AvgIpc) is 3.71. The van der Waals surface area contributed by atoms with Crippen molar-refractivity contribution in [3.63, 3.8) is 0 Å². The van der Waals surface area contributed by atoms with Gasteiger partial charge in [-0.1, -0.05) is 11.6 Å². The summed E-state index contributed by atoms with van der Waals surface area (Å²) in [6, 6.07) is 2.52. The van der Waals surface area contributed by atoms with Crippen molar-refractivity contribution in [2.24, 2.45) is 4.99 Å². The molecule has 4 heterocycles. The van der Waals surface area contributed by atoms with E-state index in [1.54, 1.807) is 28.1 Å². The second-order valence-electron chi connectivity index (χ2n) is 10.3. The Morgan fingerprint density at radius 3 is 2.88 bits per heavy atom. The van der Waals surface area contributed by atoms with Crippen LogP contribution >= 0.6 is 22.9 Å². The molecule has 1 saturated heterocycles. The summed E-state index contributed by atoms with van der Waals surface area (Å²) in [6.45, 7) is 4.70. The molecule has 43 heavy (non-hydrogen) atoms. The van der Waals surface area contributed by atoms with Crippen LogP contribution in [0.4, 0.5) is 0 Å². The van der Waals surface area contributed by atoms with Gasteiger partial charge in [0, 0.05) is 33.0 Å². The Hall–Kier alpha value is -4.48. The molecule has 0 unspecified atom stereocenters. The van der Waals surface area contributed by atoms with E-state index in [1.807, 2.05) is 13.1 Å². The number of nitriles is 1. The summed E-state index contributed by atoms with van der Waals surface area (Å²) in [6.07, 6.45) is 4.88. The van der Waals surface area contributed by atoms with Gasteiger partial charge in [0.25, 0.3) is 11.8 Å².